The van der Waals surface area contributed by atoms with Crippen LogP contribution >= 0.6 is 11.6 Å². The number of aliphatic carboxylic acids is 1. The van der Waals surface area contributed by atoms with Gasteiger partial charge in [0.05, 0.1) is 18.9 Å². The van der Waals surface area contributed by atoms with Crippen LogP contribution in [0.3, 0.4) is 0 Å². The van der Waals surface area contributed by atoms with E-state index < -0.39 is 17.9 Å². The van der Waals surface area contributed by atoms with Crippen LogP contribution in [0, 0.1) is 0 Å². The fourth-order valence-electron chi connectivity index (χ4n) is 1.65. The van der Waals surface area contributed by atoms with Gasteiger partial charge in [-0.2, -0.15) is 0 Å². The zero-order chi connectivity index (χ0) is 15.0. The Labute approximate surface area is 121 Å². The lowest BCUT2D eigenvalue weighted by molar-refractivity contribution is -0.682. The van der Waals surface area contributed by atoms with Crippen LogP contribution in [0.5, 0.6) is 0 Å². The first-order valence-corrected chi connectivity index (χ1v) is 6.61. The second-order valence-electron chi connectivity index (χ2n) is 4.29. The molecule has 0 radical (unpaired) electrons. The van der Waals surface area contributed by atoms with Gasteiger partial charge in [-0.25, -0.2) is 0 Å². The van der Waals surface area contributed by atoms with Crippen LogP contribution in [0.1, 0.15) is 12.8 Å². The van der Waals surface area contributed by atoms with Gasteiger partial charge in [0.15, 0.2) is 0 Å². The zero-order valence-corrected chi connectivity index (χ0v) is 11.6. The number of quaternary nitrogens is 1. The highest BCUT2D eigenvalue weighted by atomic mass is 35.5. The van der Waals surface area contributed by atoms with Gasteiger partial charge in [-0.1, -0.05) is 17.7 Å². The fourth-order valence-corrected chi connectivity index (χ4v) is 1.84. The summed E-state index contributed by atoms with van der Waals surface area (Å²) in [4.78, 5) is 22.7. The molecule has 0 aliphatic heterocycles. The van der Waals surface area contributed by atoms with E-state index in [4.69, 9.17) is 16.7 Å². The van der Waals surface area contributed by atoms with E-state index in [2.05, 4.69) is 5.32 Å². The molecule has 0 aliphatic carbocycles. The molecule has 1 atom stereocenters. The van der Waals surface area contributed by atoms with Crippen LogP contribution in [0.15, 0.2) is 24.3 Å². The fraction of sp³-hybridized carbons (Fsp3) is 0.385. The molecule has 1 amide bonds. The summed E-state index contributed by atoms with van der Waals surface area (Å²) in [6.07, 6.45) is 0.250. The molecule has 0 unspecified atom stereocenters. The van der Waals surface area contributed by atoms with E-state index in [9.17, 15) is 14.7 Å². The molecule has 0 heterocycles. The van der Waals surface area contributed by atoms with Crippen molar-refractivity contribution in [2.24, 2.45) is 0 Å². The average molecular weight is 301 g/mol. The number of carboxylic acids is 1. The quantitative estimate of drug-likeness (QED) is 0.521. The number of halogens is 1. The molecule has 1 rings (SSSR count). The van der Waals surface area contributed by atoms with E-state index >= 15 is 0 Å². The monoisotopic (exact) mass is 300 g/mol. The van der Waals surface area contributed by atoms with Gasteiger partial charge in [0.25, 0.3) is 0 Å². The summed E-state index contributed by atoms with van der Waals surface area (Å²) in [5.74, 6) is -1.73. The topological polar surface area (TPSA) is 106 Å². The summed E-state index contributed by atoms with van der Waals surface area (Å²) in [6.45, 7) is 0.393. The molecule has 110 valence electrons. The number of anilines is 1. The van der Waals surface area contributed by atoms with Crippen molar-refractivity contribution in [1.82, 2.24) is 0 Å². The van der Waals surface area contributed by atoms with Gasteiger partial charge in [-0.05, 0) is 18.2 Å². The van der Waals surface area contributed by atoms with E-state index in [0.717, 1.165) is 0 Å². The second kappa shape index (κ2) is 8.52. The maximum absolute atomic E-state index is 11.8. The van der Waals surface area contributed by atoms with Gasteiger partial charge < -0.3 is 25.6 Å². The molecular weight excluding hydrogens is 284 g/mol. The number of hydrogen-bond acceptors (Lipinski definition) is 4. The number of hydrogen-bond donors (Lipinski definition) is 3. The summed E-state index contributed by atoms with van der Waals surface area (Å²) >= 11 is 5.78. The summed E-state index contributed by atoms with van der Waals surface area (Å²) < 4.78 is 0. The van der Waals surface area contributed by atoms with Crippen molar-refractivity contribution in [3.8, 4) is 0 Å². The Morgan fingerprint density at radius 1 is 1.45 bits per heavy atom. The van der Waals surface area contributed by atoms with Crippen molar-refractivity contribution in [3.63, 3.8) is 0 Å². The first-order valence-electron chi connectivity index (χ1n) is 6.23. The summed E-state index contributed by atoms with van der Waals surface area (Å²) in [5.41, 5.74) is 0.509. The minimum Gasteiger partial charge on any atom is -0.544 e. The van der Waals surface area contributed by atoms with Crippen LogP contribution < -0.4 is 15.7 Å². The molecule has 4 N–H and O–H groups in total. The number of nitrogens with two attached hydrogens (primary N) is 1. The highest BCUT2D eigenvalue weighted by Gasteiger charge is 2.18. The zero-order valence-electron chi connectivity index (χ0n) is 10.8. The summed E-state index contributed by atoms with van der Waals surface area (Å²) in [7, 11) is 0. The lowest BCUT2D eigenvalue weighted by atomic mass is 10.2. The molecule has 20 heavy (non-hydrogen) atoms. The van der Waals surface area contributed by atoms with Crippen molar-refractivity contribution in [3.05, 3.63) is 29.3 Å². The van der Waals surface area contributed by atoms with Crippen molar-refractivity contribution >= 4 is 29.2 Å². The Kier molecular flexibility index (Phi) is 7.00. The van der Waals surface area contributed by atoms with Crippen LogP contribution in [0.4, 0.5) is 5.69 Å². The van der Waals surface area contributed by atoms with Crippen LogP contribution in [0.25, 0.3) is 0 Å². The number of carboxylic acid groups (broad SMARTS) is 1. The van der Waals surface area contributed by atoms with Gasteiger partial charge in [-0.15, -0.1) is 0 Å². The van der Waals surface area contributed by atoms with Gasteiger partial charge in [0.1, 0.15) is 6.04 Å². The lowest BCUT2D eigenvalue weighted by Gasteiger charge is -2.16. The number of aliphatic hydroxyl groups excluding tert-OH is 1. The maximum Gasteiger partial charge on any atom is 0.230 e. The minimum atomic E-state index is -1.30. The number of benzene rings is 1. The molecule has 0 fully saturated rings. The molecule has 1 aromatic carbocycles. The summed E-state index contributed by atoms with van der Waals surface area (Å²) in [5, 5.41) is 24.1. The normalized spacial score (nSPS) is 11.9. The Bertz CT molecular complexity index is 467. The first-order chi connectivity index (χ1) is 9.52. The maximum atomic E-state index is 11.8. The van der Waals surface area contributed by atoms with Gasteiger partial charge in [-0.3, -0.25) is 4.79 Å². The van der Waals surface area contributed by atoms with Crippen LogP contribution in [-0.4, -0.2) is 36.2 Å². The third kappa shape index (κ3) is 6.01. The third-order valence-electron chi connectivity index (χ3n) is 2.63. The standard InChI is InChI=1S/C13H17ClN2O4/c14-9-3-1-4-10(7-9)16-12(18)8-11(13(19)20)15-5-2-6-17/h1,3-4,7,11,15,17H,2,5-6,8H2,(H,16,18)(H,19,20)/t11-/m0/s1. The molecule has 0 bridgehead atoms. The summed E-state index contributed by atoms with van der Waals surface area (Å²) in [6, 6.07) is 5.61. The third-order valence-corrected chi connectivity index (χ3v) is 2.86. The smallest absolute Gasteiger partial charge is 0.230 e. The number of rotatable bonds is 8. The van der Waals surface area contributed by atoms with Gasteiger partial charge >= 0.3 is 0 Å². The Morgan fingerprint density at radius 2 is 2.20 bits per heavy atom. The molecule has 7 heteroatoms. The molecule has 0 aliphatic rings. The van der Waals surface area contributed by atoms with E-state index in [1.165, 1.54) is 5.32 Å². The van der Waals surface area contributed by atoms with Crippen molar-refractivity contribution in [2.75, 3.05) is 18.5 Å². The SMILES string of the molecule is O=C(C[C@H]([NH2+]CCCO)C(=O)[O-])Nc1cccc(Cl)c1. The first kappa shape index (κ1) is 16.4. The van der Waals surface area contributed by atoms with E-state index in [1.807, 2.05) is 0 Å². The van der Waals surface area contributed by atoms with E-state index in [0.29, 0.717) is 23.7 Å². The highest BCUT2D eigenvalue weighted by molar-refractivity contribution is 6.30. The molecular formula is C13H17ClN2O4. The lowest BCUT2D eigenvalue weighted by Crippen LogP contribution is -2.93. The second-order valence-corrected chi connectivity index (χ2v) is 4.73. The van der Waals surface area contributed by atoms with Crippen LogP contribution in [0.2, 0.25) is 5.02 Å². The predicted molar refractivity (Wildman–Crippen MR) is 72.0 cm³/mol. The minimum absolute atomic E-state index is 0.0228. The number of amides is 1. The van der Waals surface area contributed by atoms with Gasteiger partial charge in [0.2, 0.25) is 5.91 Å². The Morgan fingerprint density at radius 3 is 2.80 bits per heavy atom. The van der Waals surface area contributed by atoms with Gasteiger partial charge in [0, 0.05) is 23.7 Å². The largest absolute Gasteiger partial charge is 0.544 e. The number of carbonyl (C=O) groups excluding carboxylic acids is 2. The Balaban J connectivity index is 2.51. The molecule has 0 aromatic heterocycles. The van der Waals surface area contributed by atoms with Crippen molar-refractivity contribution in [1.29, 1.82) is 0 Å². The van der Waals surface area contributed by atoms with E-state index in [-0.39, 0.29) is 13.0 Å². The van der Waals surface area contributed by atoms with E-state index in [1.54, 1.807) is 24.3 Å². The van der Waals surface area contributed by atoms with Crippen molar-refractivity contribution in [2.45, 2.75) is 18.9 Å². The Hall–Kier alpha value is -1.63. The molecule has 0 saturated heterocycles. The molecule has 6 nitrogen and oxygen atoms in total. The van der Waals surface area contributed by atoms with Crippen molar-refractivity contribution < 1.29 is 25.1 Å². The number of nitrogens with one attached hydrogen (secondary N) is 1. The average Bonchev–Trinajstić information content (AvgIpc) is 2.37. The molecule has 0 saturated carbocycles. The molecule has 1 aromatic rings. The predicted octanol–water partition coefficient (Wildman–Crippen LogP) is -1.27. The molecule has 0 spiro atoms. The van der Waals surface area contributed by atoms with Crippen LogP contribution in [-0.2, 0) is 9.59 Å². The highest BCUT2D eigenvalue weighted by Crippen LogP contribution is 2.14. The number of carbonyl (C=O) groups is 2. The number of aliphatic hydroxyl groups is 1.